The van der Waals surface area contributed by atoms with Crippen LogP contribution < -0.4 is 5.32 Å². The molecule has 0 saturated heterocycles. The van der Waals surface area contributed by atoms with Crippen LogP contribution in [0, 0.1) is 10.1 Å². The van der Waals surface area contributed by atoms with Gasteiger partial charge in [-0.25, -0.2) is 0 Å². The average molecular weight is 342 g/mol. The van der Waals surface area contributed by atoms with E-state index in [1.807, 2.05) is 12.1 Å². The SMILES string of the molecule is O=[N+]([O-])c1ccccc1CNc1ccc(Cl)c(Br)c1. The maximum absolute atomic E-state index is 10.9. The number of hydrogen-bond acceptors (Lipinski definition) is 3. The van der Waals surface area contributed by atoms with Gasteiger partial charge in [0.1, 0.15) is 0 Å². The van der Waals surface area contributed by atoms with E-state index in [-0.39, 0.29) is 10.6 Å². The van der Waals surface area contributed by atoms with E-state index >= 15 is 0 Å². The number of rotatable bonds is 4. The van der Waals surface area contributed by atoms with E-state index in [0.29, 0.717) is 17.1 Å². The smallest absolute Gasteiger partial charge is 0.274 e. The van der Waals surface area contributed by atoms with Gasteiger partial charge in [-0.3, -0.25) is 10.1 Å². The molecule has 0 unspecified atom stereocenters. The molecule has 4 nitrogen and oxygen atoms in total. The first-order valence-electron chi connectivity index (χ1n) is 5.49. The van der Waals surface area contributed by atoms with E-state index in [2.05, 4.69) is 21.2 Å². The minimum Gasteiger partial charge on any atom is -0.381 e. The summed E-state index contributed by atoms with van der Waals surface area (Å²) in [6.07, 6.45) is 0. The lowest BCUT2D eigenvalue weighted by Crippen LogP contribution is -2.02. The van der Waals surface area contributed by atoms with Gasteiger partial charge < -0.3 is 5.32 Å². The van der Waals surface area contributed by atoms with Crippen LogP contribution in [0.25, 0.3) is 0 Å². The number of nitrogens with one attached hydrogen (secondary N) is 1. The van der Waals surface area contributed by atoms with Crippen LogP contribution in [0.4, 0.5) is 11.4 Å². The molecule has 2 rings (SSSR count). The summed E-state index contributed by atoms with van der Waals surface area (Å²) in [4.78, 5) is 10.5. The fourth-order valence-corrected chi connectivity index (χ4v) is 2.14. The van der Waals surface area contributed by atoms with Crippen LogP contribution in [0.2, 0.25) is 5.02 Å². The highest BCUT2D eigenvalue weighted by Gasteiger charge is 2.11. The molecule has 19 heavy (non-hydrogen) atoms. The van der Waals surface area contributed by atoms with Gasteiger partial charge in [0.05, 0.1) is 9.95 Å². The highest BCUT2D eigenvalue weighted by atomic mass is 79.9. The molecule has 6 heteroatoms. The van der Waals surface area contributed by atoms with Crippen molar-refractivity contribution in [2.75, 3.05) is 5.32 Å². The van der Waals surface area contributed by atoms with E-state index < -0.39 is 0 Å². The normalized spacial score (nSPS) is 10.2. The van der Waals surface area contributed by atoms with Gasteiger partial charge in [0.25, 0.3) is 5.69 Å². The molecular weight excluding hydrogens is 332 g/mol. The van der Waals surface area contributed by atoms with Gasteiger partial charge in [-0.15, -0.1) is 0 Å². The number of nitrogens with zero attached hydrogens (tertiary/aromatic N) is 1. The molecule has 0 aromatic heterocycles. The van der Waals surface area contributed by atoms with Crippen molar-refractivity contribution in [2.24, 2.45) is 0 Å². The first kappa shape index (κ1) is 13.8. The van der Waals surface area contributed by atoms with Gasteiger partial charge in [0, 0.05) is 28.3 Å². The van der Waals surface area contributed by atoms with E-state index in [4.69, 9.17) is 11.6 Å². The summed E-state index contributed by atoms with van der Waals surface area (Å²) in [7, 11) is 0. The quantitative estimate of drug-likeness (QED) is 0.652. The van der Waals surface area contributed by atoms with Gasteiger partial charge in [-0.05, 0) is 34.1 Å². The number of hydrogen-bond donors (Lipinski definition) is 1. The molecule has 1 N–H and O–H groups in total. The number of anilines is 1. The van der Waals surface area contributed by atoms with Crippen LogP contribution in [0.5, 0.6) is 0 Å². The van der Waals surface area contributed by atoms with Gasteiger partial charge in [0.2, 0.25) is 0 Å². The summed E-state index contributed by atoms with van der Waals surface area (Å²) >= 11 is 9.23. The predicted octanol–water partition coefficient (Wildman–Crippen LogP) is 4.62. The lowest BCUT2D eigenvalue weighted by Gasteiger charge is -2.08. The second-order valence-electron chi connectivity index (χ2n) is 3.87. The molecular formula is C13H10BrClN2O2. The fourth-order valence-electron chi connectivity index (χ4n) is 1.64. The second kappa shape index (κ2) is 6.04. The topological polar surface area (TPSA) is 55.2 Å². The Hall–Kier alpha value is -1.59. The highest BCUT2D eigenvalue weighted by Crippen LogP contribution is 2.26. The van der Waals surface area contributed by atoms with Crippen molar-refractivity contribution in [3.05, 3.63) is 67.6 Å². The summed E-state index contributed by atoms with van der Waals surface area (Å²) in [5, 5.41) is 14.6. The zero-order valence-corrected chi connectivity index (χ0v) is 12.1. The number of nitro benzene ring substituents is 1. The molecule has 2 aromatic carbocycles. The standard InChI is InChI=1S/C13H10BrClN2O2/c14-11-7-10(5-6-12(11)15)16-8-9-3-1-2-4-13(9)17(18)19/h1-7,16H,8H2. The first-order valence-corrected chi connectivity index (χ1v) is 6.66. The largest absolute Gasteiger partial charge is 0.381 e. The summed E-state index contributed by atoms with van der Waals surface area (Å²) < 4.78 is 0.779. The van der Waals surface area contributed by atoms with Crippen molar-refractivity contribution in [1.82, 2.24) is 0 Å². The number of benzene rings is 2. The molecule has 0 saturated carbocycles. The van der Waals surface area contributed by atoms with Crippen LogP contribution in [0.3, 0.4) is 0 Å². The zero-order chi connectivity index (χ0) is 13.8. The van der Waals surface area contributed by atoms with Gasteiger partial charge in [-0.1, -0.05) is 29.8 Å². The van der Waals surface area contributed by atoms with E-state index in [0.717, 1.165) is 10.2 Å². The Morgan fingerprint density at radius 1 is 1.26 bits per heavy atom. The van der Waals surface area contributed by atoms with Gasteiger partial charge in [-0.2, -0.15) is 0 Å². The second-order valence-corrected chi connectivity index (χ2v) is 5.13. The zero-order valence-electron chi connectivity index (χ0n) is 9.77. The Balaban J connectivity index is 2.14. The van der Waals surface area contributed by atoms with Crippen molar-refractivity contribution in [3.63, 3.8) is 0 Å². The molecule has 0 aliphatic rings. The van der Waals surface area contributed by atoms with Crippen molar-refractivity contribution in [1.29, 1.82) is 0 Å². The maximum atomic E-state index is 10.9. The van der Waals surface area contributed by atoms with E-state index in [9.17, 15) is 10.1 Å². The molecule has 0 heterocycles. The average Bonchev–Trinajstić information content (AvgIpc) is 2.40. The van der Waals surface area contributed by atoms with Gasteiger partial charge >= 0.3 is 0 Å². The van der Waals surface area contributed by atoms with Crippen LogP contribution in [0.1, 0.15) is 5.56 Å². The summed E-state index contributed by atoms with van der Waals surface area (Å²) in [6.45, 7) is 0.380. The Bertz CT molecular complexity index is 619. The molecule has 0 fully saturated rings. The first-order chi connectivity index (χ1) is 9.08. The van der Waals surface area contributed by atoms with Crippen molar-refractivity contribution >= 4 is 38.9 Å². The van der Waals surface area contributed by atoms with Crippen LogP contribution in [-0.2, 0) is 6.54 Å². The summed E-state index contributed by atoms with van der Waals surface area (Å²) in [6, 6.07) is 12.1. The number of halogens is 2. The predicted molar refractivity (Wildman–Crippen MR) is 79.6 cm³/mol. The van der Waals surface area contributed by atoms with Crippen molar-refractivity contribution in [2.45, 2.75) is 6.54 Å². The molecule has 0 amide bonds. The molecule has 0 spiro atoms. The Kier molecular flexibility index (Phi) is 4.39. The molecule has 0 radical (unpaired) electrons. The molecule has 0 atom stereocenters. The molecule has 0 aliphatic heterocycles. The van der Waals surface area contributed by atoms with Crippen LogP contribution in [0.15, 0.2) is 46.9 Å². The third-order valence-corrected chi connectivity index (χ3v) is 3.80. The minimum atomic E-state index is -0.380. The number of nitro groups is 1. The monoisotopic (exact) mass is 340 g/mol. The molecule has 0 aliphatic carbocycles. The molecule has 2 aromatic rings. The fraction of sp³-hybridized carbons (Fsp3) is 0.0769. The lowest BCUT2D eigenvalue weighted by atomic mass is 10.2. The maximum Gasteiger partial charge on any atom is 0.274 e. The van der Waals surface area contributed by atoms with E-state index in [1.165, 1.54) is 6.07 Å². The van der Waals surface area contributed by atoms with Crippen molar-refractivity contribution < 1.29 is 4.92 Å². The van der Waals surface area contributed by atoms with Crippen LogP contribution >= 0.6 is 27.5 Å². The molecule has 98 valence electrons. The van der Waals surface area contributed by atoms with E-state index in [1.54, 1.807) is 24.3 Å². The Labute approximate surface area is 123 Å². The number of para-hydroxylation sites is 1. The third kappa shape index (κ3) is 3.45. The van der Waals surface area contributed by atoms with Gasteiger partial charge in [0.15, 0.2) is 0 Å². The third-order valence-electron chi connectivity index (χ3n) is 2.59. The summed E-state index contributed by atoms with van der Waals surface area (Å²) in [5.74, 6) is 0. The van der Waals surface area contributed by atoms with Crippen LogP contribution in [-0.4, -0.2) is 4.92 Å². The summed E-state index contributed by atoms with van der Waals surface area (Å²) in [5.41, 5.74) is 1.59. The van der Waals surface area contributed by atoms with Crippen molar-refractivity contribution in [3.8, 4) is 0 Å². The highest BCUT2D eigenvalue weighted by molar-refractivity contribution is 9.10. The minimum absolute atomic E-state index is 0.114. The lowest BCUT2D eigenvalue weighted by molar-refractivity contribution is -0.385. The molecule has 0 bridgehead atoms. The Morgan fingerprint density at radius 2 is 2.00 bits per heavy atom. The Morgan fingerprint density at radius 3 is 2.68 bits per heavy atom.